The lowest BCUT2D eigenvalue weighted by Crippen LogP contribution is -2.42. The van der Waals surface area contributed by atoms with Gasteiger partial charge in [0.1, 0.15) is 0 Å². The van der Waals surface area contributed by atoms with Crippen molar-refractivity contribution in [2.45, 2.75) is 22.6 Å². The molecule has 2 aliphatic carbocycles. The molecule has 1 N–H and O–H groups in total. The van der Waals surface area contributed by atoms with Crippen molar-refractivity contribution >= 4 is 52.2 Å². The molecule has 3 fully saturated rings. The van der Waals surface area contributed by atoms with Gasteiger partial charge in [-0.15, -0.1) is 11.8 Å². The van der Waals surface area contributed by atoms with Crippen molar-refractivity contribution in [2.24, 2.45) is 29.6 Å². The Bertz CT molecular complexity index is 1360. The predicted molar refractivity (Wildman–Crippen MR) is 127 cm³/mol. The average Bonchev–Trinajstić information content (AvgIpc) is 3.54. The summed E-state index contributed by atoms with van der Waals surface area (Å²) >= 11 is 8.98. The summed E-state index contributed by atoms with van der Waals surface area (Å²) in [6.07, 6.45) is 4.50. The number of hydrogen-bond acceptors (Lipinski definition) is 6. The van der Waals surface area contributed by atoms with Crippen LogP contribution in [0.3, 0.4) is 0 Å². The van der Waals surface area contributed by atoms with E-state index in [-0.39, 0.29) is 57.4 Å². The first-order valence-corrected chi connectivity index (χ1v) is 13.0. The van der Waals surface area contributed by atoms with Gasteiger partial charge in [-0.3, -0.25) is 24.3 Å². The van der Waals surface area contributed by atoms with Crippen LogP contribution in [0.4, 0.5) is 5.69 Å². The van der Waals surface area contributed by atoms with Crippen molar-refractivity contribution in [3.8, 4) is 0 Å². The second-order valence-electron chi connectivity index (χ2n) is 9.24. The molecule has 2 aromatic heterocycles. The fourth-order valence-electron chi connectivity index (χ4n) is 6.79. The summed E-state index contributed by atoms with van der Waals surface area (Å²) < 4.78 is 0. The molecule has 4 heterocycles. The Balaban J connectivity index is 1.33. The van der Waals surface area contributed by atoms with Gasteiger partial charge in [0, 0.05) is 33.5 Å². The molecule has 6 unspecified atom stereocenters. The van der Waals surface area contributed by atoms with Crippen LogP contribution in [0.5, 0.6) is 0 Å². The molecule has 166 valence electrons. The minimum Gasteiger partial charge on any atom is -0.307 e. The lowest BCUT2D eigenvalue weighted by Gasteiger charge is -2.42. The van der Waals surface area contributed by atoms with Crippen molar-refractivity contribution in [3.05, 3.63) is 73.9 Å². The molecule has 0 spiro atoms. The first-order chi connectivity index (χ1) is 16.0. The maximum Gasteiger partial charge on any atom is 0.305 e. The maximum atomic E-state index is 13.6. The summed E-state index contributed by atoms with van der Waals surface area (Å²) in [5.41, 5.74) is 1.66. The molecule has 2 aliphatic heterocycles. The summed E-state index contributed by atoms with van der Waals surface area (Å²) in [7, 11) is 0. The minimum atomic E-state index is -0.309. The molecule has 33 heavy (non-hydrogen) atoms. The number of nitrogens with zero attached hydrogens (tertiary/aromatic N) is 2. The molecule has 2 bridgehead atoms. The molecule has 7 rings (SSSR count). The van der Waals surface area contributed by atoms with E-state index in [1.54, 1.807) is 42.2 Å². The fraction of sp³-hybridized carbons (Fsp3) is 0.333. The number of carbonyl (C=O) groups is 2. The van der Waals surface area contributed by atoms with Gasteiger partial charge in [0.15, 0.2) is 0 Å². The van der Waals surface area contributed by atoms with Crippen molar-refractivity contribution in [1.82, 2.24) is 9.97 Å². The second kappa shape index (κ2) is 7.04. The number of aromatic amines is 1. The van der Waals surface area contributed by atoms with E-state index in [2.05, 4.69) is 16.0 Å². The highest BCUT2D eigenvalue weighted by molar-refractivity contribution is 8.00. The molecule has 1 saturated heterocycles. The van der Waals surface area contributed by atoms with Gasteiger partial charge in [0.25, 0.3) is 0 Å². The number of amides is 2. The van der Waals surface area contributed by atoms with Gasteiger partial charge in [-0.25, -0.2) is 0 Å². The van der Waals surface area contributed by atoms with Crippen LogP contribution < -0.4 is 9.77 Å². The summed E-state index contributed by atoms with van der Waals surface area (Å²) in [4.78, 5) is 49.2. The number of nitrogens with one attached hydrogen (secondary N) is 1. The maximum absolute atomic E-state index is 13.6. The molecule has 2 amide bonds. The van der Waals surface area contributed by atoms with E-state index in [0.717, 1.165) is 21.9 Å². The zero-order valence-electron chi connectivity index (χ0n) is 17.2. The highest BCUT2D eigenvalue weighted by Crippen LogP contribution is 2.68. The number of aromatic nitrogens is 2. The van der Waals surface area contributed by atoms with Gasteiger partial charge < -0.3 is 4.98 Å². The standard InChI is InChI=1S/C24H18ClN3O3S2/c25-11-3-5-12(6-4-11)28-22(29)17-13-8-14(18(17)23(28)30)19-16(13)15(10-2-1-7-26-9-10)20-21(32-19)27-24(31)33-20/h1-7,9,13-19H,8H2,(H,27,31)/t13?,14?,15-,16?,17?,18?,19?/m1/s1. The number of hydrogen-bond donors (Lipinski definition) is 1. The number of H-pyrrole nitrogens is 1. The number of thiazole rings is 1. The van der Waals surface area contributed by atoms with E-state index >= 15 is 0 Å². The van der Waals surface area contributed by atoms with Gasteiger partial charge in [0.05, 0.1) is 22.5 Å². The third-order valence-electron chi connectivity index (χ3n) is 7.85. The van der Waals surface area contributed by atoms with Crippen LogP contribution in [0.15, 0.2) is 58.6 Å². The lowest BCUT2D eigenvalue weighted by molar-refractivity contribution is -0.123. The Hall–Kier alpha value is -2.42. The van der Waals surface area contributed by atoms with Crippen molar-refractivity contribution in [1.29, 1.82) is 0 Å². The molecule has 7 atom stereocenters. The van der Waals surface area contributed by atoms with E-state index < -0.39 is 0 Å². The number of fused-ring (bicyclic) bond motifs is 9. The summed E-state index contributed by atoms with van der Waals surface area (Å²) in [5.74, 6) is -0.396. The molecule has 9 heteroatoms. The van der Waals surface area contributed by atoms with Gasteiger partial charge in [-0.2, -0.15) is 0 Å². The molecular formula is C24H18ClN3O3S2. The van der Waals surface area contributed by atoms with Crippen molar-refractivity contribution in [2.75, 3.05) is 4.90 Å². The first kappa shape index (κ1) is 20.0. The van der Waals surface area contributed by atoms with Gasteiger partial charge in [-0.05, 0) is 60.1 Å². The Morgan fingerprint density at radius 3 is 2.52 bits per heavy atom. The molecular weight excluding hydrogens is 478 g/mol. The predicted octanol–water partition coefficient (Wildman–Crippen LogP) is 4.16. The van der Waals surface area contributed by atoms with E-state index in [4.69, 9.17) is 11.6 Å². The lowest BCUT2D eigenvalue weighted by atomic mass is 9.68. The zero-order valence-corrected chi connectivity index (χ0v) is 19.6. The fourth-order valence-corrected chi connectivity index (χ4v) is 9.81. The normalized spacial score (nSPS) is 33.8. The Kier molecular flexibility index (Phi) is 4.27. The van der Waals surface area contributed by atoms with Crippen LogP contribution in [-0.4, -0.2) is 27.0 Å². The van der Waals surface area contributed by atoms with Gasteiger partial charge >= 0.3 is 4.87 Å². The van der Waals surface area contributed by atoms with Crippen LogP contribution in [0.2, 0.25) is 5.02 Å². The average molecular weight is 496 g/mol. The van der Waals surface area contributed by atoms with E-state index in [9.17, 15) is 14.4 Å². The monoisotopic (exact) mass is 495 g/mol. The third kappa shape index (κ3) is 2.68. The number of benzene rings is 1. The summed E-state index contributed by atoms with van der Waals surface area (Å²) in [6.45, 7) is 0. The van der Waals surface area contributed by atoms with Gasteiger partial charge in [-0.1, -0.05) is 29.0 Å². The number of carbonyl (C=O) groups excluding carboxylic acids is 2. The number of anilines is 1. The number of imide groups is 1. The van der Waals surface area contributed by atoms with E-state index in [0.29, 0.717) is 10.7 Å². The molecule has 1 aromatic carbocycles. The summed E-state index contributed by atoms with van der Waals surface area (Å²) in [5, 5.41) is 1.66. The Morgan fingerprint density at radius 2 is 1.79 bits per heavy atom. The minimum absolute atomic E-state index is 0.00679. The summed E-state index contributed by atoms with van der Waals surface area (Å²) in [6, 6.07) is 10.9. The van der Waals surface area contributed by atoms with Crippen LogP contribution in [0.1, 0.15) is 22.8 Å². The van der Waals surface area contributed by atoms with Crippen LogP contribution in [0, 0.1) is 29.6 Å². The second-order valence-corrected chi connectivity index (χ2v) is 11.9. The van der Waals surface area contributed by atoms with Gasteiger partial charge in [0.2, 0.25) is 11.8 Å². The first-order valence-electron chi connectivity index (χ1n) is 11.0. The zero-order chi connectivity index (χ0) is 22.4. The third-order valence-corrected chi connectivity index (χ3v) is 10.7. The number of pyridine rings is 1. The Morgan fingerprint density at radius 1 is 1.03 bits per heavy atom. The quantitative estimate of drug-likeness (QED) is 0.540. The Labute approximate surface area is 202 Å². The number of rotatable bonds is 2. The highest BCUT2D eigenvalue weighted by atomic mass is 35.5. The van der Waals surface area contributed by atoms with Crippen LogP contribution >= 0.6 is 34.7 Å². The SMILES string of the molecule is O=C1C2C3CC(C2C(=O)N1c1ccc(Cl)cc1)C1C3Sc2[nH]c(=O)sc2[C@@H]1c1cccnc1. The topological polar surface area (TPSA) is 83.1 Å². The molecule has 6 nitrogen and oxygen atoms in total. The molecule has 3 aromatic rings. The van der Waals surface area contributed by atoms with Crippen molar-refractivity contribution in [3.63, 3.8) is 0 Å². The highest BCUT2D eigenvalue weighted by Gasteiger charge is 2.69. The van der Waals surface area contributed by atoms with Crippen molar-refractivity contribution < 1.29 is 9.59 Å². The number of halogens is 1. The van der Waals surface area contributed by atoms with Crippen LogP contribution in [0.25, 0.3) is 0 Å². The molecule has 0 radical (unpaired) electrons. The van der Waals surface area contributed by atoms with E-state index in [1.807, 2.05) is 12.3 Å². The molecule has 4 aliphatic rings. The van der Waals surface area contributed by atoms with Crippen LogP contribution in [-0.2, 0) is 9.59 Å². The molecule has 2 saturated carbocycles. The smallest absolute Gasteiger partial charge is 0.305 e. The number of thioether (sulfide) groups is 1. The largest absolute Gasteiger partial charge is 0.307 e. The van der Waals surface area contributed by atoms with E-state index in [1.165, 1.54) is 16.2 Å².